The van der Waals surface area contributed by atoms with Crippen LogP contribution in [0.3, 0.4) is 0 Å². The lowest BCUT2D eigenvalue weighted by Gasteiger charge is -2.10. The highest BCUT2D eigenvalue weighted by atomic mass is 16.5. The Morgan fingerprint density at radius 1 is 1.15 bits per heavy atom. The van der Waals surface area contributed by atoms with E-state index in [0.717, 1.165) is 23.2 Å². The van der Waals surface area contributed by atoms with E-state index in [-0.39, 0.29) is 11.6 Å². The van der Waals surface area contributed by atoms with Crippen molar-refractivity contribution in [3.05, 3.63) is 76.3 Å². The van der Waals surface area contributed by atoms with Crippen LogP contribution >= 0.6 is 0 Å². The van der Waals surface area contributed by atoms with Crippen LogP contribution in [0.1, 0.15) is 23.0 Å². The Labute approximate surface area is 150 Å². The fourth-order valence-corrected chi connectivity index (χ4v) is 2.63. The highest BCUT2D eigenvalue weighted by Crippen LogP contribution is 2.21. The van der Waals surface area contributed by atoms with E-state index in [9.17, 15) is 9.59 Å². The number of anilines is 1. The molecule has 132 valence electrons. The second kappa shape index (κ2) is 7.65. The number of methoxy groups -OCH3 is 1. The summed E-state index contributed by atoms with van der Waals surface area (Å²) < 4.78 is 5.13. The number of carbonyl (C=O) groups is 1. The van der Waals surface area contributed by atoms with Crippen LogP contribution in [0.15, 0.2) is 59.4 Å². The van der Waals surface area contributed by atoms with Gasteiger partial charge >= 0.3 is 5.69 Å². The standard InChI is InChI=1S/C20H19N3O3/c1-3-13-6-4-5-7-16(13)21-19(24)18-12-17(22-20(25)23-18)14-8-10-15(26-2)11-9-14/h4-12H,3H2,1-2H3,(H,21,24)(H,22,23,25). The van der Waals surface area contributed by atoms with Gasteiger partial charge in [0.25, 0.3) is 5.91 Å². The van der Waals surface area contributed by atoms with Crippen molar-refractivity contribution in [1.82, 2.24) is 9.97 Å². The number of hydrogen-bond donors (Lipinski definition) is 2. The van der Waals surface area contributed by atoms with Crippen LogP contribution < -0.4 is 15.7 Å². The summed E-state index contributed by atoms with van der Waals surface area (Å²) in [5, 5.41) is 2.85. The van der Waals surface area contributed by atoms with Gasteiger partial charge in [-0.15, -0.1) is 0 Å². The molecule has 0 radical (unpaired) electrons. The van der Waals surface area contributed by atoms with Gasteiger partial charge in [0.15, 0.2) is 0 Å². The fraction of sp³-hybridized carbons (Fsp3) is 0.150. The highest BCUT2D eigenvalue weighted by Gasteiger charge is 2.12. The number of aromatic amines is 1. The van der Waals surface area contributed by atoms with Gasteiger partial charge in [-0.05, 0) is 48.4 Å². The molecule has 2 aromatic carbocycles. The minimum Gasteiger partial charge on any atom is -0.497 e. The van der Waals surface area contributed by atoms with Crippen molar-refractivity contribution >= 4 is 11.6 Å². The molecular formula is C20H19N3O3. The van der Waals surface area contributed by atoms with Crippen molar-refractivity contribution in [3.63, 3.8) is 0 Å². The quantitative estimate of drug-likeness (QED) is 0.740. The molecule has 0 aliphatic carbocycles. The molecule has 0 saturated heterocycles. The van der Waals surface area contributed by atoms with Gasteiger partial charge in [-0.1, -0.05) is 25.1 Å². The van der Waals surface area contributed by atoms with E-state index in [1.54, 1.807) is 37.4 Å². The zero-order valence-electron chi connectivity index (χ0n) is 14.6. The van der Waals surface area contributed by atoms with Crippen LogP contribution in [-0.2, 0) is 6.42 Å². The van der Waals surface area contributed by atoms with Crippen molar-refractivity contribution < 1.29 is 9.53 Å². The van der Waals surface area contributed by atoms with Gasteiger partial charge < -0.3 is 15.0 Å². The van der Waals surface area contributed by atoms with Crippen molar-refractivity contribution in [1.29, 1.82) is 0 Å². The largest absolute Gasteiger partial charge is 0.497 e. The van der Waals surface area contributed by atoms with E-state index in [1.807, 2.05) is 31.2 Å². The van der Waals surface area contributed by atoms with Crippen molar-refractivity contribution in [3.8, 4) is 17.0 Å². The first-order chi connectivity index (χ1) is 12.6. The predicted octanol–water partition coefficient (Wildman–Crippen LogP) is 3.26. The predicted molar refractivity (Wildman–Crippen MR) is 101 cm³/mol. The van der Waals surface area contributed by atoms with Crippen molar-refractivity contribution in [2.75, 3.05) is 12.4 Å². The summed E-state index contributed by atoms with van der Waals surface area (Å²) in [5.74, 6) is 0.313. The summed E-state index contributed by atoms with van der Waals surface area (Å²) in [5.41, 5.74) is 2.47. The molecule has 0 saturated carbocycles. The molecule has 0 atom stereocenters. The summed E-state index contributed by atoms with van der Waals surface area (Å²) in [6.45, 7) is 2.01. The molecular weight excluding hydrogens is 330 g/mol. The Morgan fingerprint density at radius 3 is 2.58 bits per heavy atom. The number of nitrogens with one attached hydrogen (secondary N) is 2. The third kappa shape index (κ3) is 3.80. The molecule has 26 heavy (non-hydrogen) atoms. The Bertz CT molecular complexity index is 978. The minimum absolute atomic E-state index is 0.154. The van der Waals surface area contributed by atoms with Crippen LogP contribution in [-0.4, -0.2) is 23.0 Å². The third-order valence-corrected chi connectivity index (χ3v) is 4.02. The summed E-state index contributed by atoms with van der Waals surface area (Å²) >= 11 is 0. The maximum Gasteiger partial charge on any atom is 0.346 e. The molecule has 0 aliphatic rings. The van der Waals surface area contributed by atoms with Gasteiger partial charge in [0, 0.05) is 11.3 Å². The zero-order chi connectivity index (χ0) is 18.5. The van der Waals surface area contributed by atoms with E-state index in [1.165, 1.54) is 0 Å². The van der Waals surface area contributed by atoms with E-state index in [4.69, 9.17) is 4.74 Å². The molecule has 1 heterocycles. The smallest absolute Gasteiger partial charge is 0.346 e. The lowest BCUT2D eigenvalue weighted by molar-refractivity contribution is 0.102. The number of H-pyrrole nitrogens is 1. The van der Waals surface area contributed by atoms with Crippen LogP contribution in [0.5, 0.6) is 5.75 Å². The van der Waals surface area contributed by atoms with E-state index in [2.05, 4.69) is 15.3 Å². The second-order valence-electron chi connectivity index (χ2n) is 5.68. The number of aromatic nitrogens is 2. The van der Waals surface area contributed by atoms with Gasteiger partial charge in [-0.3, -0.25) is 4.79 Å². The van der Waals surface area contributed by atoms with Crippen molar-refractivity contribution in [2.24, 2.45) is 0 Å². The van der Waals surface area contributed by atoms with Crippen molar-refractivity contribution in [2.45, 2.75) is 13.3 Å². The monoisotopic (exact) mass is 349 g/mol. The number of para-hydroxylation sites is 1. The Kier molecular flexibility index (Phi) is 5.12. The molecule has 6 nitrogen and oxygen atoms in total. The van der Waals surface area contributed by atoms with Gasteiger partial charge in [0.1, 0.15) is 11.4 Å². The third-order valence-electron chi connectivity index (χ3n) is 4.02. The topological polar surface area (TPSA) is 84.1 Å². The van der Waals surface area contributed by atoms with Crippen LogP contribution in [0, 0.1) is 0 Å². The van der Waals surface area contributed by atoms with Gasteiger partial charge in [0.2, 0.25) is 0 Å². The normalized spacial score (nSPS) is 10.4. The molecule has 0 unspecified atom stereocenters. The Morgan fingerprint density at radius 2 is 1.88 bits per heavy atom. The molecule has 1 amide bonds. The van der Waals surface area contributed by atoms with Gasteiger partial charge in [-0.25, -0.2) is 4.79 Å². The lowest BCUT2D eigenvalue weighted by Crippen LogP contribution is -2.21. The number of benzene rings is 2. The zero-order valence-corrected chi connectivity index (χ0v) is 14.6. The molecule has 3 rings (SSSR count). The molecule has 1 aromatic heterocycles. The van der Waals surface area contributed by atoms with Gasteiger partial charge in [0.05, 0.1) is 12.8 Å². The number of carbonyl (C=O) groups excluding carboxylic acids is 1. The van der Waals surface area contributed by atoms with E-state index >= 15 is 0 Å². The fourth-order valence-electron chi connectivity index (χ4n) is 2.63. The minimum atomic E-state index is -0.577. The van der Waals surface area contributed by atoms with E-state index < -0.39 is 5.69 Å². The van der Waals surface area contributed by atoms with Crippen LogP contribution in [0.25, 0.3) is 11.3 Å². The highest BCUT2D eigenvalue weighted by molar-refractivity contribution is 6.03. The summed E-state index contributed by atoms with van der Waals surface area (Å²) in [6.07, 6.45) is 0.792. The average Bonchev–Trinajstić information content (AvgIpc) is 2.68. The summed E-state index contributed by atoms with van der Waals surface area (Å²) in [4.78, 5) is 31.0. The van der Waals surface area contributed by atoms with Crippen LogP contribution in [0.4, 0.5) is 5.69 Å². The molecule has 0 fully saturated rings. The molecule has 0 aliphatic heterocycles. The SMILES string of the molecule is CCc1ccccc1NC(=O)c1cc(-c2ccc(OC)cc2)nc(=O)[nH]1. The van der Waals surface area contributed by atoms with Crippen LogP contribution in [0.2, 0.25) is 0 Å². The number of amides is 1. The molecule has 0 bridgehead atoms. The molecule has 6 heteroatoms. The Hall–Kier alpha value is -3.41. The number of nitrogens with zero attached hydrogens (tertiary/aromatic N) is 1. The number of rotatable bonds is 5. The molecule has 3 aromatic rings. The Balaban J connectivity index is 1.91. The maximum atomic E-state index is 12.6. The number of hydrogen-bond acceptors (Lipinski definition) is 4. The maximum absolute atomic E-state index is 12.6. The first-order valence-corrected chi connectivity index (χ1v) is 8.25. The first kappa shape index (κ1) is 17.4. The number of aryl methyl sites for hydroxylation is 1. The first-order valence-electron chi connectivity index (χ1n) is 8.25. The molecule has 0 spiro atoms. The van der Waals surface area contributed by atoms with Gasteiger partial charge in [-0.2, -0.15) is 4.98 Å². The molecule has 2 N–H and O–H groups in total. The second-order valence-corrected chi connectivity index (χ2v) is 5.68. The number of ether oxygens (including phenoxy) is 1. The summed E-state index contributed by atoms with van der Waals surface area (Å²) in [7, 11) is 1.58. The average molecular weight is 349 g/mol. The van der Waals surface area contributed by atoms with E-state index in [0.29, 0.717) is 11.4 Å². The lowest BCUT2D eigenvalue weighted by atomic mass is 10.1. The summed E-state index contributed by atoms with van der Waals surface area (Å²) in [6, 6.07) is 16.2.